The van der Waals surface area contributed by atoms with Crippen molar-refractivity contribution in [3.63, 3.8) is 0 Å². The SMILES string of the molecule is O=C1C=C(NCc2ccc(C(=O)O)cc2)C(=O)C=C1NCc1ccc(C(=O)O)cc1. The number of carboxylic acids is 2. The maximum atomic E-state index is 12.3. The zero-order chi connectivity index (χ0) is 21.7. The van der Waals surface area contributed by atoms with Gasteiger partial charge >= 0.3 is 11.9 Å². The number of ketones is 2. The first kappa shape index (κ1) is 20.5. The van der Waals surface area contributed by atoms with Gasteiger partial charge in [0.25, 0.3) is 0 Å². The summed E-state index contributed by atoms with van der Waals surface area (Å²) in [5.41, 5.74) is 2.16. The summed E-state index contributed by atoms with van der Waals surface area (Å²) in [7, 11) is 0. The average Bonchev–Trinajstić information content (AvgIpc) is 2.73. The van der Waals surface area contributed by atoms with Gasteiger partial charge in [-0.3, -0.25) is 9.59 Å². The molecule has 0 radical (unpaired) electrons. The van der Waals surface area contributed by atoms with Crippen LogP contribution in [0, 0.1) is 0 Å². The van der Waals surface area contributed by atoms with Crippen LogP contribution in [-0.4, -0.2) is 33.7 Å². The van der Waals surface area contributed by atoms with E-state index in [1.54, 1.807) is 24.3 Å². The lowest BCUT2D eigenvalue weighted by Gasteiger charge is -2.15. The van der Waals surface area contributed by atoms with E-state index in [-0.39, 0.29) is 47.2 Å². The number of hydrogen-bond acceptors (Lipinski definition) is 6. The second-order valence-electron chi connectivity index (χ2n) is 6.56. The van der Waals surface area contributed by atoms with E-state index in [2.05, 4.69) is 10.6 Å². The molecule has 8 heteroatoms. The lowest BCUT2D eigenvalue weighted by molar-refractivity contribution is -0.115. The monoisotopic (exact) mass is 406 g/mol. The fourth-order valence-electron chi connectivity index (χ4n) is 2.76. The predicted octanol–water partition coefficient (Wildman–Crippen LogP) is 1.88. The molecule has 2 aromatic rings. The summed E-state index contributed by atoms with van der Waals surface area (Å²) in [5, 5.41) is 23.6. The highest BCUT2D eigenvalue weighted by molar-refractivity contribution is 6.19. The summed E-state index contributed by atoms with van der Waals surface area (Å²) in [6.07, 6.45) is 2.42. The number of benzene rings is 2. The number of aromatic carboxylic acids is 2. The van der Waals surface area contributed by atoms with Crippen molar-refractivity contribution in [3.8, 4) is 0 Å². The Morgan fingerprint density at radius 3 is 1.27 bits per heavy atom. The normalized spacial score (nSPS) is 13.3. The van der Waals surface area contributed by atoms with Crippen LogP contribution >= 0.6 is 0 Å². The van der Waals surface area contributed by atoms with E-state index in [1.807, 2.05) is 0 Å². The molecular formula is C22H18N2O6. The van der Waals surface area contributed by atoms with E-state index in [1.165, 1.54) is 36.4 Å². The minimum Gasteiger partial charge on any atom is -0.478 e. The molecule has 3 rings (SSSR count). The van der Waals surface area contributed by atoms with Gasteiger partial charge in [0.2, 0.25) is 11.6 Å². The van der Waals surface area contributed by atoms with Crippen LogP contribution in [0.5, 0.6) is 0 Å². The molecule has 8 nitrogen and oxygen atoms in total. The Morgan fingerprint density at radius 1 is 0.633 bits per heavy atom. The molecule has 0 aromatic heterocycles. The smallest absolute Gasteiger partial charge is 0.335 e. The average molecular weight is 406 g/mol. The maximum Gasteiger partial charge on any atom is 0.335 e. The van der Waals surface area contributed by atoms with Crippen LogP contribution in [0.1, 0.15) is 31.8 Å². The minimum absolute atomic E-state index is 0.152. The Balaban J connectivity index is 1.56. The Hall–Kier alpha value is -4.20. The minimum atomic E-state index is -1.02. The van der Waals surface area contributed by atoms with Gasteiger partial charge in [0.05, 0.1) is 22.5 Å². The lowest BCUT2D eigenvalue weighted by Crippen LogP contribution is -2.29. The van der Waals surface area contributed by atoms with Crippen molar-refractivity contribution in [2.45, 2.75) is 13.1 Å². The zero-order valence-corrected chi connectivity index (χ0v) is 15.7. The van der Waals surface area contributed by atoms with Crippen LogP contribution in [0.2, 0.25) is 0 Å². The van der Waals surface area contributed by atoms with E-state index in [0.717, 1.165) is 11.1 Å². The largest absolute Gasteiger partial charge is 0.478 e. The van der Waals surface area contributed by atoms with Gasteiger partial charge in [-0.2, -0.15) is 0 Å². The van der Waals surface area contributed by atoms with E-state index in [9.17, 15) is 19.2 Å². The molecule has 0 fully saturated rings. The zero-order valence-electron chi connectivity index (χ0n) is 15.7. The van der Waals surface area contributed by atoms with Gasteiger partial charge in [0.1, 0.15) is 0 Å². The van der Waals surface area contributed by atoms with Crippen molar-refractivity contribution >= 4 is 23.5 Å². The number of nitrogens with one attached hydrogen (secondary N) is 2. The van der Waals surface area contributed by atoms with Gasteiger partial charge in [0, 0.05) is 25.2 Å². The van der Waals surface area contributed by atoms with Gasteiger partial charge in [-0.05, 0) is 35.4 Å². The molecule has 2 aromatic carbocycles. The third-order valence-corrected chi connectivity index (χ3v) is 4.45. The van der Waals surface area contributed by atoms with Crippen molar-refractivity contribution in [2.24, 2.45) is 0 Å². The number of carboxylic acid groups (broad SMARTS) is 2. The lowest BCUT2D eigenvalue weighted by atomic mass is 10.1. The molecular weight excluding hydrogens is 388 g/mol. The summed E-state index contributed by atoms with van der Waals surface area (Å²) in [6, 6.07) is 12.4. The van der Waals surface area contributed by atoms with Crippen molar-refractivity contribution in [1.82, 2.24) is 10.6 Å². The Morgan fingerprint density at radius 2 is 0.967 bits per heavy atom. The van der Waals surface area contributed by atoms with Gasteiger partial charge < -0.3 is 20.8 Å². The molecule has 0 spiro atoms. The van der Waals surface area contributed by atoms with Crippen molar-refractivity contribution in [2.75, 3.05) is 0 Å². The molecule has 0 bridgehead atoms. The second kappa shape index (κ2) is 8.87. The molecule has 0 atom stereocenters. The molecule has 0 aliphatic heterocycles. The van der Waals surface area contributed by atoms with Crippen LogP contribution in [-0.2, 0) is 22.7 Å². The van der Waals surface area contributed by atoms with E-state index >= 15 is 0 Å². The fraction of sp³-hybridized carbons (Fsp3) is 0.0909. The van der Waals surface area contributed by atoms with Crippen molar-refractivity contribution in [3.05, 3.63) is 94.3 Å². The number of carbonyl (C=O) groups is 4. The molecule has 0 saturated carbocycles. The van der Waals surface area contributed by atoms with E-state index in [0.29, 0.717) is 0 Å². The summed E-state index contributed by atoms with van der Waals surface area (Å²) in [5.74, 6) is -2.76. The highest BCUT2D eigenvalue weighted by atomic mass is 16.4. The first-order valence-corrected chi connectivity index (χ1v) is 8.98. The fourth-order valence-corrected chi connectivity index (χ4v) is 2.76. The maximum absolute atomic E-state index is 12.3. The Labute approximate surface area is 171 Å². The van der Waals surface area contributed by atoms with Gasteiger partial charge in [-0.1, -0.05) is 24.3 Å². The van der Waals surface area contributed by atoms with Gasteiger partial charge in [-0.15, -0.1) is 0 Å². The van der Waals surface area contributed by atoms with E-state index in [4.69, 9.17) is 10.2 Å². The second-order valence-corrected chi connectivity index (χ2v) is 6.56. The molecule has 0 unspecified atom stereocenters. The Kier molecular flexibility index (Phi) is 6.07. The van der Waals surface area contributed by atoms with Crippen molar-refractivity contribution < 1.29 is 29.4 Å². The first-order chi connectivity index (χ1) is 14.3. The summed E-state index contributed by atoms with van der Waals surface area (Å²) < 4.78 is 0. The van der Waals surface area contributed by atoms with Crippen LogP contribution in [0.3, 0.4) is 0 Å². The predicted molar refractivity (Wildman–Crippen MR) is 107 cm³/mol. The first-order valence-electron chi connectivity index (χ1n) is 8.98. The molecule has 0 saturated heterocycles. The summed E-state index contributed by atoms with van der Waals surface area (Å²) in [6.45, 7) is 0.522. The molecule has 0 amide bonds. The number of hydrogen-bond donors (Lipinski definition) is 4. The molecule has 1 aliphatic carbocycles. The Bertz CT molecular complexity index is 978. The third-order valence-electron chi connectivity index (χ3n) is 4.45. The molecule has 0 heterocycles. The standard InChI is InChI=1S/C22H18N2O6/c25-19-10-18(24-12-14-3-7-16(8-4-14)22(29)30)20(26)9-17(19)23-11-13-1-5-15(6-2-13)21(27)28/h1-10,23-24H,11-12H2,(H,27,28)(H,29,30). The van der Waals surface area contributed by atoms with Crippen LogP contribution < -0.4 is 10.6 Å². The van der Waals surface area contributed by atoms with Gasteiger partial charge in [0.15, 0.2) is 0 Å². The van der Waals surface area contributed by atoms with Crippen molar-refractivity contribution in [1.29, 1.82) is 0 Å². The van der Waals surface area contributed by atoms with E-state index < -0.39 is 11.9 Å². The van der Waals surface area contributed by atoms with Gasteiger partial charge in [-0.25, -0.2) is 9.59 Å². The highest BCUT2D eigenvalue weighted by Gasteiger charge is 2.20. The quantitative estimate of drug-likeness (QED) is 0.489. The summed E-state index contributed by atoms with van der Waals surface area (Å²) >= 11 is 0. The summed E-state index contributed by atoms with van der Waals surface area (Å²) in [4.78, 5) is 46.3. The molecule has 30 heavy (non-hydrogen) atoms. The third kappa shape index (κ3) is 4.99. The van der Waals surface area contributed by atoms with Crippen LogP contribution in [0.25, 0.3) is 0 Å². The number of carbonyl (C=O) groups excluding carboxylic acids is 2. The topological polar surface area (TPSA) is 133 Å². The van der Waals surface area contributed by atoms with Crippen LogP contribution in [0.4, 0.5) is 0 Å². The highest BCUT2D eigenvalue weighted by Crippen LogP contribution is 2.12. The molecule has 4 N–H and O–H groups in total. The molecule has 1 aliphatic rings. The number of allylic oxidation sites excluding steroid dienone is 2. The number of rotatable bonds is 8. The molecule has 152 valence electrons. The van der Waals surface area contributed by atoms with Crippen LogP contribution in [0.15, 0.2) is 72.1 Å².